The van der Waals surface area contributed by atoms with Crippen molar-refractivity contribution in [3.05, 3.63) is 0 Å². The molecule has 1 atom stereocenters. The van der Waals surface area contributed by atoms with Crippen LogP contribution in [0.2, 0.25) is 0 Å². The van der Waals surface area contributed by atoms with E-state index >= 15 is 0 Å². The van der Waals surface area contributed by atoms with Crippen LogP contribution < -0.4 is 16.0 Å². The summed E-state index contributed by atoms with van der Waals surface area (Å²) in [6.45, 7) is 8.18. The summed E-state index contributed by atoms with van der Waals surface area (Å²) in [4.78, 5) is 23.1. The minimum Gasteiger partial charge on any atom is -0.379 e. The van der Waals surface area contributed by atoms with Crippen LogP contribution in [0.4, 0.5) is 0 Å². The Morgan fingerprint density at radius 1 is 0.815 bits per heavy atom. The zero-order chi connectivity index (χ0) is 20.2. The maximum absolute atomic E-state index is 11.6. The van der Waals surface area contributed by atoms with E-state index in [9.17, 15) is 9.59 Å². The number of nitrogens with one attached hydrogen (secondary N) is 3. The molecule has 2 amide bonds. The van der Waals surface area contributed by atoms with Crippen molar-refractivity contribution < 1.29 is 28.5 Å². The number of hydrogen-bond donors (Lipinski definition) is 3. The van der Waals surface area contributed by atoms with Crippen LogP contribution in [0.3, 0.4) is 0 Å². The quantitative estimate of drug-likeness (QED) is 0.259. The molecular weight excluding hydrogens is 354 g/mol. The Labute approximate surface area is 162 Å². The van der Waals surface area contributed by atoms with E-state index in [1.54, 1.807) is 0 Å². The van der Waals surface area contributed by atoms with Crippen LogP contribution in [0, 0.1) is 0 Å². The van der Waals surface area contributed by atoms with Crippen LogP contribution in [0.15, 0.2) is 0 Å². The highest BCUT2D eigenvalue weighted by atomic mass is 16.5. The van der Waals surface area contributed by atoms with Crippen LogP contribution in [0.5, 0.6) is 0 Å². The monoisotopic (exact) mass is 391 g/mol. The molecule has 0 aliphatic carbocycles. The van der Waals surface area contributed by atoms with E-state index in [0.717, 1.165) is 6.42 Å². The normalized spacial score (nSPS) is 12.0. The maximum Gasteiger partial charge on any atom is 0.246 e. The molecule has 0 rings (SSSR count). The van der Waals surface area contributed by atoms with Gasteiger partial charge in [0, 0.05) is 32.2 Å². The molecule has 160 valence electrons. The van der Waals surface area contributed by atoms with Crippen molar-refractivity contribution in [2.75, 3.05) is 73.0 Å². The molecule has 0 aromatic rings. The Balaban J connectivity index is 3.29. The molecule has 3 N–H and O–H groups in total. The van der Waals surface area contributed by atoms with Gasteiger partial charge < -0.3 is 34.9 Å². The summed E-state index contributed by atoms with van der Waals surface area (Å²) < 4.78 is 21.0. The molecule has 9 nitrogen and oxygen atoms in total. The summed E-state index contributed by atoms with van der Waals surface area (Å²) in [5.41, 5.74) is 0. The molecule has 0 fully saturated rings. The smallest absolute Gasteiger partial charge is 0.246 e. The molecule has 0 aliphatic rings. The Morgan fingerprint density at radius 3 is 1.96 bits per heavy atom. The lowest BCUT2D eigenvalue weighted by molar-refractivity contribution is -0.126. The molecule has 9 heteroatoms. The van der Waals surface area contributed by atoms with Gasteiger partial charge in [-0.15, -0.1) is 0 Å². The predicted octanol–water partition coefficient (Wildman–Crippen LogP) is -0.307. The Morgan fingerprint density at radius 2 is 1.37 bits per heavy atom. The Bertz CT molecular complexity index is 371. The minimum absolute atomic E-state index is 0.0112. The number of rotatable bonds is 19. The van der Waals surface area contributed by atoms with Crippen molar-refractivity contribution in [2.24, 2.45) is 0 Å². The zero-order valence-electron chi connectivity index (χ0n) is 17.0. The molecule has 0 radical (unpaired) electrons. The SMILES string of the molecule is CCOCCOCCNC(=O)COCCOCCNC(=O)CC[C@@H](C)NC. The summed E-state index contributed by atoms with van der Waals surface area (Å²) in [6, 6.07) is 0.328. The van der Waals surface area contributed by atoms with Crippen molar-refractivity contribution in [2.45, 2.75) is 32.7 Å². The van der Waals surface area contributed by atoms with Crippen LogP contribution in [-0.2, 0) is 28.5 Å². The van der Waals surface area contributed by atoms with Gasteiger partial charge in [0.15, 0.2) is 0 Å². The van der Waals surface area contributed by atoms with Gasteiger partial charge in [-0.3, -0.25) is 9.59 Å². The van der Waals surface area contributed by atoms with Gasteiger partial charge in [0.2, 0.25) is 11.8 Å². The lowest BCUT2D eigenvalue weighted by Crippen LogP contribution is -2.31. The third-order valence-electron chi connectivity index (χ3n) is 3.62. The van der Waals surface area contributed by atoms with E-state index in [4.69, 9.17) is 18.9 Å². The number of carbonyl (C=O) groups is 2. The van der Waals surface area contributed by atoms with Crippen molar-refractivity contribution in [1.82, 2.24) is 16.0 Å². The average Bonchev–Trinajstić information content (AvgIpc) is 2.67. The summed E-state index contributed by atoms with van der Waals surface area (Å²) in [5, 5.41) is 8.59. The van der Waals surface area contributed by atoms with E-state index in [0.29, 0.717) is 71.8 Å². The lowest BCUT2D eigenvalue weighted by atomic mass is 10.2. The van der Waals surface area contributed by atoms with E-state index in [2.05, 4.69) is 16.0 Å². The van der Waals surface area contributed by atoms with Gasteiger partial charge in [-0.25, -0.2) is 0 Å². The van der Waals surface area contributed by atoms with Gasteiger partial charge in [-0.1, -0.05) is 0 Å². The molecule has 0 aliphatic heterocycles. The first-order valence-electron chi connectivity index (χ1n) is 9.61. The zero-order valence-corrected chi connectivity index (χ0v) is 17.0. The second-order valence-corrected chi connectivity index (χ2v) is 5.90. The summed E-state index contributed by atoms with van der Waals surface area (Å²) in [6.07, 6.45) is 1.30. The number of carbonyl (C=O) groups excluding carboxylic acids is 2. The lowest BCUT2D eigenvalue weighted by Gasteiger charge is -2.10. The fourth-order valence-corrected chi connectivity index (χ4v) is 1.91. The first-order chi connectivity index (χ1) is 13.1. The highest BCUT2D eigenvalue weighted by molar-refractivity contribution is 5.77. The van der Waals surface area contributed by atoms with Crippen LogP contribution >= 0.6 is 0 Å². The number of hydrogen-bond acceptors (Lipinski definition) is 7. The molecule has 0 unspecified atom stereocenters. The maximum atomic E-state index is 11.6. The van der Waals surface area contributed by atoms with Gasteiger partial charge in [-0.05, 0) is 27.3 Å². The number of ether oxygens (including phenoxy) is 4. The standard InChI is InChI=1S/C18H37N3O6/c1-4-24-11-12-25-10-8-21-18(23)15-27-14-13-26-9-7-20-17(22)6-5-16(2)19-3/h16,19H,4-15H2,1-3H3,(H,20,22)(H,21,23)/t16-/m1/s1. The molecule has 0 bridgehead atoms. The first-order valence-corrected chi connectivity index (χ1v) is 9.61. The summed E-state index contributed by atoms with van der Waals surface area (Å²) >= 11 is 0. The van der Waals surface area contributed by atoms with Crippen LogP contribution in [-0.4, -0.2) is 90.8 Å². The topological polar surface area (TPSA) is 107 Å². The molecular formula is C18H37N3O6. The van der Waals surface area contributed by atoms with Crippen molar-refractivity contribution in [3.8, 4) is 0 Å². The van der Waals surface area contributed by atoms with Gasteiger partial charge in [-0.2, -0.15) is 0 Å². The molecule has 27 heavy (non-hydrogen) atoms. The Hall–Kier alpha value is -1.26. The first kappa shape index (κ1) is 25.7. The van der Waals surface area contributed by atoms with Crippen molar-refractivity contribution in [1.29, 1.82) is 0 Å². The molecule has 0 spiro atoms. The van der Waals surface area contributed by atoms with Gasteiger partial charge in [0.05, 0.1) is 39.6 Å². The fourth-order valence-electron chi connectivity index (χ4n) is 1.91. The predicted molar refractivity (Wildman–Crippen MR) is 103 cm³/mol. The molecule has 0 heterocycles. The van der Waals surface area contributed by atoms with E-state index in [1.807, 2.05) is 20.9 Å². The van der Waals surface area contributed by atoms with Crippen LogP contribution in [0.1, 0.15) is 26.7 Å². The Kier molecular flexibility index (Phi) is 18.6. The average molecular weight is 392 g/mol. The highest BCUT2D eigenvalue weighted by Gasteiger charge is 2.04. The highest BCUT2D eigenvalue weighted by Crippen LogP contribution is 1.94. The van der Waals surface area contributed by atoms with Gasteiger partial charge in [0.1, 0.15) is 6.61 Å². The second-order valence-electron chi connectivity index (χ2n) is 5.90. The fraction of sp³-hybridized carbons (Fsp3) is 0.889. The second kappa shape index (κ2) is 19.5. The van der Waals surface area contributed by atoms with Crippen LogP contribution in [0.25, 0.3) is 0 Å². The molecule has 0 aromatic heterocycles. The third kappa shape index (κ3) is 19.3. The van der Waals surface area contributed by atoms with Gasteiger partial charge >= 0.3 is 0 Å². The summed E-state index contributed by atoms with van der Waals surface area (Å²) in [5.74, 6) is -0.165. The number of amides is 2. The third-order valence-corrected chi connectivity index (χ3v) is 3.62. The minimum atomic E-state index is -0.188. The van der Waals surface area contributed by atoms with Crippen molar-refractivity contribution in [3.63, 3.8) is 0 Å². The largest absolute Gasteiger partial charge is 0.379 e. The molecule has 0 aromatic carbocycles. The summed E-state index contributed by atoms with van der Waals surface area (Å²) in [7, 11) is 1.88. The van der Waals surface area contributed by atoms with E-state index in [1.165, 1.54) is 0 Å². The molecule has 0 saturated carbocycles. The van der Waals surface area contributed by atoms with Gasteiger partial charge in [0.25, 0.3) is 0 Å². The van der Waals surface area contributed by atoms with E-state index in [-0.39, 0.29) is 18.4 Å². The molecule has 0 saturated heterocycles. The van der Waals surface area contributed by atoms with E-state index < -0.39 is 0 Å². The van der Waals surface area contributed by atoms with Crippen molar-refractivity contribution >= 4 is 11.8 Å².